The zero-order chi connectivity index (χ0) is 14.7. The Balaban J connectivity index is 2.13. The molecule has 1 aromatic heterocycles. The fourth-order valence-corrected chi connectivity index (χ4v) is 3.45. The monoisotopic (exact) mass is 343 g/mol. The maximum atomic E-state index is 12.0. The van der Waals surface area contributed by atoms with Gasteiger partial charge >= 0.3 is 5.97 Å². The van der Waals surface area contributed by atoms with Gasteiger partial charge in [0.1, 0.15) is 6.04 Å². The normalized spacial score (nSPS) is 19.5. The van der Waals surface area contributed by atoms with Crippen molar-refractivity contribution in [3.8, 4) is 0 Å². The summed E-state index contributed by atoms with van der Waals surface area (Å²) in [6.07, 6.45) is 2.82. The van der Waals surface area contributed by atoms with Crippen LogP contribution in [0.15, 0.2) is 4.47 Å². The molecule has 0 amide bonds. The number of esters is 1. The summed E-state index contributed by atoms with van der Waals surface area (Å²) in [5.74, 6) is -0.0981. The minimum atomic E-state index is -0.109. The molecule has 6 heteroatoms. The molecule has 5 nitrogen and oxygen atoms in total. The van der Waals surface area contributed by atoms with E-state index in [0.29, 0.717) is 6.61 Å². The lowest BCUT2D eigenvalue weighted by atomic mass is 10.2. The predicted molar refractivity (Wildman–Crippen MR) is 80.4 cm³/mol. The highest BCUT2D eigenvalue weighted by Gasteiger charge is 2.32. The lowest BCUT2D eigenvalue weighted by Crippen LogP contribution is -2.37. The van der Waals surface area contributed by atoms with E-state index in [9.17, 15) is 4.79 Å². The molecule has 0 aromatic carbocycles. The molecule has 0 spiro atoms. The SMILES string of the molecule is CCOC(=O)C1CCCN1Cc1c(Br)c(CC)nn1C. The van der Waals surface area contributed by atoms with Gasteiger partial charge < -0.3 is 4.74 Å². The third-order valence-corrected chi connectivity index (χ3v) is 4.69. The summed E-state index contributed by atoms with van der Waals surface area (Å²) in [5.41, 5.74) is 2.19. The second kappa shape index (κ2) is 6.72. The number of rotatable bonds is 5. The lowest BCUT2D eigenvalue weighted by molar-refractivity contribution is -0.148. The van der Waals surface area contributed by atoms with Crippen molar-refractivity contribution in [3.05, 3.63) is 15.9 Å². The van der Waals surface area contributed by atoms with E-state index in [1.165, 1.54) is 0 Å². The zero-order valence-corrected chi connectivity index (χ0v) is 13.9. The number of likely N-dealkylation sites (tertiary alicyclic amines) is 1. The van der Waals surface area contributed by atoms with Gasteiger partial charge in [0.2, 0.25) is 0 Å². The van der Waals surface area contributed by atoms with Gasteiger partial charge in [0, 0.05) is 13.6 Å². The van der Waals surface area contributed by atoms with E-state index in [-0.39, 0.29) is 12.0 Å². The number of ether oxygens (including phenoxy) is 1. The van der Waals surface area contributed by atoms with Crippen molar-refractivity contribution < 1.29 is 9.53 Å². The van der Waals surface area contributed by atoms with Crippen molar-refractivity contribution in [2.75, 3.05) is 13.2 Å². The van der Waals surface area contributed by atoms with Crippen LogP contribution in [0, 0.1) is 0 Å². The van der Waals surface area contributed by atoms with Crippen molar-refractivity contribution >= 4 is 21.9 Å². The van der Waals surface area contributed by atoms with Crippen LogP contribution in [0.4, 0.5) is 0 Å². The van der Waals surface area contributed by atoms with E-state index in [2.05, 4.69) is 32.9 Å². The minimum absolute atomic E-state index is 0.0981. The molecule has 1 fully saturated rings. The molecule has 0 radical (unpaired) electrons. The summed E-state index contributed by atoms with van der Waals surface area (Å²) in [5, 5.41) is 4.50. The van der Waals surface area contributed by atoms with Crippen LogP contribution in [0.2, 0.25) is 0 Å². The Hall–Kier alpha value is -0.880. The largest absolute Gasteiger partial charge is 0.465 e. The molecular formula is C14H22BrN3O2. The zero-order valence-electron chi connectivity index (χ0n) is 12.4. The van der Waals surface area contributed by atoms with Gasteiger partial charge in [-0.1, -0.05) is 6.92 Å². The summed E-state index contributed by atoms with van der Waals surface area (Å²) in [7, 11) is 1.95. The van der Waals surface area contributed by atoms with Gasteiger partial charge in [-0.15, -0.1) is 0 Å². The second-order valence-electron chi connectivity index (χ2n) is 5.07. The van der Waals surface area contributed by atoms with Gasteiger partial charge in [0.15, 0.2) is 0 Å². The van der Waals surface area contributed by atoms with Gasteiger partial charge in [-0.2, -0.15) is 5.10 Å². The highest BCUT2D eigenvalue weighted by Crippen LogP contribution is 2.27. The summed E-state index contributed by atoms with van der Waals surface area (Å²) < 4.78 is 8.14. The van der Waals surface area contributed by atoms with Gasteiger partial charge in [-0.25, -0.2) is 0 Å². The number of aryl methyl sites for hydroxylation is 2. The highest BCUT2D eigenvalue weighted by molar-refractivity contribution is 9.10. The standard InChI is InChI=1S/C14H22BrN3O2/c1-4-10-13(15)12(17(3)16-10)9-18-8-6-7-11(18)14(19)20-5-2/h11H,4-9H2,1-3H3. The highest BCUT2D eigenvalue weighted by atomic mass is 79.9. The van der Waals surface area contributed by atoms with Crippen LogP contribution in [0.5, 0.6) is 0 Å². The lowest BCUT2D eigenvalue weighted by Gasteiger charge is -2.22. The fourth-order valence-electron chi connectivity index (χ4n) is 2.70. The molecule has 1 atom stereocenters. The van der Waals surface area contributed by atoms with E-state index in [1.54, 1.807) is 0 Å². The Morgan fingerprint density at radius 1 is 1.50 bits per heavy atom. The first kappa shape index (κ1) is 15.5. The Kier molecular flexibility index (Phi) is 5.21. The molecule has 1 aromatic rings. The third kappa shape index (κ3) is 3.06. The predicted octanol–water partition coefficient (Wildman–Crippen LogP) is 2.27. The Bertz CT molecular complexity index is 487. The molecule has 1 unspecified atom stereocenters. The Labute approximate surface area is 128 Å². The summed E-state index contributed by atoms with van der Waals surface area (Å²) in [6, 6.07) is -0.109. The van der Waals surface area contributed by atoms with Crippen molar-refractivity contribution in [2.24, 2.45) is 7.05 Å². The van der Waals surface area contributed by atoms with E-state index >= 15 is 0 Å². The summed E-state index contributed by atoms with van der Waals surface area (Å²) in [6.45, 7) is 6.05. The first-order chi connectivity index (χ1) is 9.58. The number of hydrogen-bond donors (Lipinski definition) is 0. The second-order valence-corrected chi connectivity index (χ2v) is 5.86. The molecule has 0 bridgehead atoms. The Morgan fingerprint density at radius 2 is 2.25 bits per heavy atom. The van der Waals surface area contributed by atoms with Crippen molar-refractivity contribution in [1.29, 1.82) is 0 Å². The minimum Gasteiger partial charge on any atom is -0.465 e. The first-order valence-corrected chi connectivity index (χ1v) is 7.98. The molecule has 1 saturated heterocycles. The number of halogens is 1. The Morgan fingerprint density at radius 3 is 2.85 bits per heavy atom. The van der Waals surface area contributed by atoms with Crippen LogP contribution in [0.1, 0.15) is 38.1 Å². The molecule has 0 saturated carbocycles. The summed E-state index contributed by atoms with van der Waals surface area (Å²) >= 11 is 3.63. The van der Waals surface area contributed by atoms with Gasteiger partial charge in [-0.3, -0.25) is 14.4 Å². The number of nitrogens with zero attached hydrogens (tertiary/aromatic N) is 3. The van der Waals surface area contributed by atoms with Crippen molar-refractivity contribution in [1.82, 2.24) is 14.7 Å². The van der Waals surface area contributed by atoms with Crippen LogP contribution in [-0.4, -0.2) is 39.8 Å². The number of carbonyl (C=O) groups excluding carboxylic acids is 1. The fraction of sp³-hybridized carbons (Fsp3) is 0.714. The molecule has 1 aliphatic rings. The number of carbonyl (C=O) groups is 1. The van der Waals surface area contributed by atoms with Gasteiger partial charge in [0.25, 0.3) is 0 Å². The van der Waals surface area contributed by atoms with Gasteiger partial charge in [-0.05, 0) is 48.7 Å². The molecule has 1 aliphatic heterocycles. The van der Waals surface area contributed by atoms with Crippen molar-refractivity contribution in [3.63, 3.8) is 0 Å². The molecule has 0 aliphatic carbocycles. The van der Waals surface area contributed by atoms with E-state index in [1.807, 2.05) is 18.7 Å². The number of hydrogen-bond acceptors (Lipinski definition) is 4. The van der Waals surface area contributed by atoms with E-state index < -0.39 is 0 Å². The quantitative estimate of drug-likeness (QED) is 0.769. The van der Waals surface area contributed by atoms with Gasteiger partial charge in [0.05, 0.1) is 22.5 Å². The molecule has 20 heavy (non-hydrogen) atoms. The third-order valence-electron chi connectivity index (χ3n) is 3.78. The average molecular weight is 344 g/mol. The van der Waals surface area contributed by atoms with Crippen LogP contribution in [0.3, 0.4) is 0 Å². The average Bonchev–Trinajstić information content (AvgIpc) is 2.98. The first-order valence-electron chi connectivity index (χ1n) is 7.19. The smallest absolute Gasteiger partial charge is 0.323 e. The maximum Gasteiger partial charge on any atom is 0.323 e. The molecular weight excluding hydrogens is 322 g/mol. The van der Waals surface area contributed by atoms with Crippen LogP contribution >= 0.6 is 15.9 Å². The van der Waals surface area contributed by atoms with Crippen LogP contribution in [-0.2, 0) is 29.5 Å². The molecule has 112 valence electrons. The maximum absolute atomic E-state index is 12.0. The van der Waals surface area contributed by atoms with Crippen LogP contribution < -0.4 is 0 Å². The van der Waals surface area contributed by atoms with Crippen LogP contribution in [0.25, 0.3) is 0 Å². The number of aromatic nitrogens is 2. The molecule has 2 rings (SSSR count). The molecule has 2 heterocycles. The topological polar surface area (TPSA) is 47.4 Å². The van der Waals surface area contributed by atoms with Crippen molar-refractivity contribution in [2.45, 2.75) is 45.7 Å². The van der Waals surface area contributed by atoms with E-state index in [4.69, 9.17) is 4.74 Å². The van der Waals surface area contributed by atoms with E-state index in [0.717, 1.165) is 48.2 Å². The molecule has 0 N–H and O–H groups in total. The summed E-state index contributed by atoms with van der Waals surface area (Å²) in [4.78, 5) is 14.2.